The predicted molar refractivity (Wildman–Crippen MR) is 76.9 cm³/mol. The highest BCUT2D eigenvalue weighted by Crippen LogP contribution is 2.25. The normalized spacial score (nSPS) is 28.5. The first-order valence-corrected chi connectivity index (χ1v) is 7.48. The first-order chi connectivity index (χ1) is 9.35. The average Bonchev–Trinajstić information content (AvgIpc) is 3.24. The van der Waals surface area contributed by atoms with E-state index in [2.05, 4.69) is 40.5 Å². The van der Waals surface area contributed by atoms with Crippen LogP contribution in [0, 0.1) is 5.92 Å². The zero-order chi connectivity index (χ0) is 13.1. The average molecular weight is 260 g/mol. The van der Waals surface area contributed by atoms with Crippen LogP contribution in [0.2, 0.25) is 0 Å². The minimum Gasteiger partial charge on any atom is -0.396 e. The number of hydrogen-bond donors (Lipinski definition) is 2. The highest BCUT2D eigenvalue weighted by Gasteiger charge is 2.33. The van der Waals surface area contributed by atoms with Crippen LogP contribution in [0.25, 0.3) is 0 Å². The summed E-state index contributed by atoms with van der Waals surface area (Å²) in [7, 11) is 0. The third kappa shape index (κ3) is 3.56. The van der Waals surface area contributed by atoms with Gasteiger partial charge in [-0.15, -0.1) is 0 Å². The van der Waals surface area contributed by atoms with Crippen molar-refractivity contribution in [2.75, 3.05) is 19.7 Å². The van der Waals surface area contributed by atoms with Crippen LogP contribution in [-0.4, -0.2) is 41.8 Å². The molecule has 0 aromatic heterocycles. The standard InChI is InChI=1S/C16H24N2O/c19-12-14-8-9-18(10-13-4-2-1-3-5-13)11-16(14)17-15-6-7-15/h1-5,14-17,19H,6-12H2. The molecule has 0 spiro atoms. The van der Waals surface area contributed by atoms with Gasteiger partial charge < -0.3 is 10.4 Å². The van der Waals surface area contributed by atoms with Crippen LogP contribution in [0.5, 0.6) is 0 Å². The summed E-state index contributed by atoms with van der Waals surface area (Å²) in [4.78, 5) is 2.52. The van der Waals surface area contributed by atoms with E-state index in [0.717, 1.165) is 32.1 Å². The Morgan fingerprint density at radius 2 is 1.95 bits per heavy atom. The summed E-state index contributed by atoms with van der Waals surface area (Å²) in [6, 6.07) is 11.9. The third-order valence-electron chi connectivity index (χ3n) is 4.35. The van der Waals surface area contributed by atoms with Crippen LogP contribution < -0.4 is 5.32 Å². The lowest BCUT2D eigenvalue weighted by molar-refractivity contribution is 0.0906. The number of likely N-dealkylation sites (tertiary alicyclic amines) is 1. The van der Waals surface area contributed by atoms with E-state index < -0.39 is 0 Å². The van der Waals surface area contributed by atoms with E-state index in [0.29, 0.717) is 18.6 Å². The van der Waals surface area contributed by atoms with Gasteiger partial charge in [-0.25, -0.2) is 0 Å². The molecule has 2 fully saturated rings. The number of hydrogen-bond acceptors (Lipinski definition) is 3. The van der Waals surface area contributed by atoms with Gasteiger partial charge in [-0.05, 0) is 37.3 Å². The quantitative estimate of drug-likeness (QED) is 0.844. The van der Waals surface area contributed by atoms with Gasteiger partial charge >= 0.3 is 0 Å². The van der Waals surface area contributed by atoms with Gasteiger partial charge in [0.15, 0.2) is 0 Å². The molecule has 2 unspecified atom stereocenters. The Balaban J connectivity index is 1.58. The molecule has 1 aromatic carbocycles. The molecule has 3 nitrogen and oxygen atoms in total. The molecule has 1 aliphatic carbocycles. The van der Waals surface area contributed by atoms with Crippen molar-refractivity contribution in [2.45, 2.75) is 37.9 Å². The number of aliphatic hydroxyl groups excluding tert-OH is 1. The van der Waals surface area contributed by atoms with Gasteiger partial charge in [-0.3, -0.25) is 4.90 Å². The van der Waals surface area contributed by atoms with Gasteiger partial charge in [0, 0.05) is 31.8 Å². The van der Waals surface area contributed by atoms with Crippen molar-refractivity contribution in [1.82, 2.24) is 10.2 Å². The maximum Gasteiger partial charge on any atom is 0.0475 e. The van der Waals surface area contributed by atoms with Crippen molar-refractivity contribution in [3.05, 3.63) is 35.9 Å². The summed E-state index contributed by atoms with van der Waals surface area (Å²) in [6.07, 6.45) is 3.73. The molecule has 2 N–H and O–H groups in total. The molecule has 3 rings (SSSR count). The summed E-state index contributed by atoms with van der Waals surface area (Å²) in [5.41, 5.74) is 1.38. The molecule has 3 heteroatoms. The van der Waals surface area contributed by atoms with Crippen LogP contribution in [0.15, 0.2) is 30.3 Å². The second kappa shape index (κ2) is 6.04. The molecule has 104 valence electrons. The molecular weight excluding hydrogens is 236 g/mol. The smallest absolute Gasteiger partial charge is 0.0475 e. The monoisotopic (exact) mass is 260 g/mol. The van der Waals surface area contributed by atoms with Crippen molar-refractivity contribution in [2.24, 2.45) is 5.92 Å². The lowest BCUT2D eigenvalue weighted by Crippen LogP contribution is -2.52. The molecule has 1 heterocycles. The number of nitrogens with one attached hydrogen (secondary N) is 1. The SMILES string of the molecule is OCC1CCN(Cc2ccccc2)CC1NC1CC1. The van der Waals surface area contributed by atoms with Crippen LogP contribution >= 0.6 is 0 Å². The van der Waals surface area contributed by atoms with E-state index in [1.54, 1.807) is 0 Å². The summed E-state index contributed by atoms with van der Waals surface area (Å²) in [5.74, 6) is 0.438. The highest BCUT2D eigenvalue weighted by atomic mass is 16.3. The fraction of sp³-hybridized carbons (Fsp3) is 0.625. The number of piperidine rings is 1. The zero-order valence-electron chi connectivity index (χ0n) is 11.5. The molecule has 1 aromatic rings. The Morgan fingerprint density at radius 3 is 2.63 bits per heavy atom. The first-order valence-electron chi connectivity index (χ1n) is 7.48. The molecule has 2 atom stereocenters. The Kier molecular flexibility index (Phi) is 4.16. The van der Waals surface area contributed by atoms with Crippen molar-refractivity contribution in [3.8, 4) is 0 Å². The van der Waals surface area contributed by atoms with Crippen molar-refractivity contribution in [1.29, 1.82) is 0 Å². The van der Waals surface area contributed by atoms with Gasteiger partial charge in [0.25, 0.3) is 0 Å². The molecular formula is C16H24N2O. The molecule has 1 saturated carbocycles. The molecule has 0 amide bonds. The number of nitrogens with zero attached hydrogens (tertiary/aromatic N) is 1. The van der Waals surface area contributed by atoms with Crippen LogP contribution in [-0.2, 0) is 6.54 Å². The minimum atomic E-state index is 0.323. The van der Waals surface area contributed by atoms with E-state index in [9.17, 15) is 5.11 Å². The fourth-order valence-electron chi connectivity index (χ4n) is 3.01. The van der Waals surface area contributed by atoms with Crippen molar-refractivity contribution >= 4 is 0 Å². The van der Waals surface area contributed by atoms with Gasteiger partial charge in [0.2, 0.25) is 0 Å². The van der Waals surface area contributed by atoms with Crippen molar-refractivity contribution < 1.29 is 5.11 Å². The van der Waals surface area contributed by atoms with Crippen LogP contribution in [0.4, 0.5) is 0 Å². The maximum atomic E-state index is 9.51. The molecule has 1 saturated heterocycles. The third-order valence-corrected chi connectivity index (χ3v) is 4.35. The summed E-state index contributed by atoms with van der Waals surface area (Å²) < 4.78 is 0. The highest BCUT2D eigenvalue weighted by molar-refractivity contribution is 5.14. The molecule has 0 bridgehead atoms. The Labute approximate surface area is 115 Å². The van der Waals surface area contributed by atoms with Gasteiger partial charge in [-0.1, -0.05) is 30.3 Å². The Bertz CT molecular complexity index is 391. The van der Waals surface area contributed by atoms with Gasteiger partial charge in [-0.2, -0.15) is 0 Å². The summed E-state index contributed by atoms with van der Waals surface area (Å²) in [6.45, 7) is 3.52. The topological polar surface area (TPSA) is 35.5 Å². The second-order valence-electron chi connectivity index (χ2n) is 6.00. The van der Waals surface area contributed by atoms with E-state index in [4.69, 9.17) is 0 Å². The number of benzene rings is 1. The van der Waals surface area contributed by atoms with Gasteiger partial charge in [0.05, 0.1) is 0 Å². The maximum absolute atomic E-state index is 9.51. The fourth-order valence-corrected chi connectivity index (χ4v) is 3.01. The minimum absolute atomic E-state index is 0.323. The van der Waals surface area contributed by atoms with E-state index in [1.807, 2.05) is 0 Å². The van der Waals surface area contributed by atoms with Gasteiger partial charge in [0.1, 0.15) is 0 Å². The molecule has 19 heavy (non-hydrogen) atoms. The summed E-state index contributed by atoms with van der Waals surface area (Å²) in [5, 5.41) is 13.2. The molecule has 2 aliphatic rings. The Morgan fingerprint density at radius 1 is 1.16 bits per heavy atom. The van der Waals surface area contributed by atoms with E-state index >= 15 is 0 Å². The molecule has 0 radical (unpaired) electrons. The van der Waals surface area contributed by atoms with Crippen LogP contribution in [0.1, 0.15) is 24.8 Å². The number of rotatable bonds is 5. The van der Waals surface area contributed by atoms with E-state index in [-0.39, 0.29) is 0 Å². The lowest BCUT2D eigenvalue weighted by atomic mass is 9.92. The summed E-state index contributed by atoms with van der Waals surface area (Å²) >= 11 is 0. The lowest BCUT2D eigenvalue weighted by Gasteiger charge is -2.38. The second-order valence-corrected chi connectivity index (χ2v) is 6.00. The first kappa shape index (κ1) is 13.1. The molecule has 1 aliphatic heterocycles. The number of aliphatic hydroxyl groups is 1. The zero-order valence-corrected chi connectivity index (χ0v) is 11.5. The predicted octanol–water partition coefficient (Wildman–Crippen LogP) is 1.62. The van der Waals surface area contributed by atoms with Crippen LogP contribution in [0.3, 0.4) is 0 Å². The Hall–Kier alpha value is -0.900. The largest absolute Gasteiger partial charge is 0.396 e. The van der Waals surface area contributed by atoms with Crippen molar-refractivity contribution in [3.63, 3.8) is 0 Å². The van der Waals surface area contributed by atoms with E-state index in [1.165, 1.54) is 18.4 Å².